The molecular weight excluding hydrogens is 504 g/mol. The van der Waals surface area contributed by atoms with Crippen LogP contribution in [0.4, 0.5) is 0 Å². The predicted octanol–water partition coefficient (Wildman–Crippen LogP) is -0.0183. The van der Waals surface area contributed by atoms with Crippen LogP contribution in [0.3, 0.4) is 0 Å². The number of aromatic hydroxyl groups is 1. The van der Waals surface area contributed by atoms with E-state index in [4.69, 9.17) is 28.4 Å². The molecule has 0 aromatic heterocycles. The molecule has 10 atom stereocenters. The van der Waals surface area contributed by atoms with Gasteiger partial charge in [0, 0.05) is 11.8 Å². The van der Waals surface area contributed by atoms with E-state index in [1.165, 1.54) is 20.3 Å². The molecule has 3 aliphatic heterocycles. The van der Waals surface area contributed by atoms with Crippen molar-refractivity contribution >= 4 is 0 Å². The standard InChI is InChI=1S/C26H32O12/c1-33-16-7-11(3-5-14(16)28)23-13-10-35-24(19(13)25(32)38-23)12-4-6-15(17(8-12)34-2)36-26-22(31)21(30)20(29)18(9-27)37-26/h3-8,13,18-32H,9-10H2,1-2H3/t13-,18+,19-,20+,21-,22+,23+,24+,25+,26+/m0/s1. The smallest absolute Gasteiger partial charge is 0.229 e. The molecule has 0 unspecified atom stereocenters. The fraction of sp³-hybridized carbons (Fsp3) is 0.538. The molecule has 3 fully saturated rings. The molecule has 0 amide bonds. The molecule has 3 saturated heterocycles. The van der Waals surface area contributed by atoms with Crippen LogP contribution in [0.25, 0.3) is 0 Å². The number of rotatable bonds is 7. The van der Waals surface area contributed by atoms with E-state index < -0.39 is 55.8 Å². The summed E-state index contributed by atoms with van der Waals surface area (Å²) >= 11 is 0. The van der Waals surface area contributed by atoms with Gasteiger partial charge in [0.1, 0.15) is 24.4 Å². The van der Waals surface area contributed by atoms with Gasteiger partial charge in [0.05, 0.1) is 39.6 Å². The van der Waals surface area contributed by atoms with Gasteiger partial charge in [-0.05, 0) is 35.4 Å². The number of fused-ring (bicyclic) bond motifs is 1. The molecule has 0 bridgehead atoms. The number of methoxy groups -OCH3 is 2. The molecule has 0 aliphatic carbocycles. The number of phenolic OH excluding ortho intramolecular Hbond substituents is 1. The zero-order valence-corrected chi connectivity index (χ0v) is 20.8. The molecule has 3 aliphatic rings. The second kappa shape index (κ2) is 10.8. The molecule has 5 rings (SSSR count). The summed E-state index contributed by atoms with van der Waals surface area (Å²) in [7, 11) is 2.89. The Bertz CT molecular complexity index is 1130. The summed E-state index contributed by atoms with van der Waals surface area (Å²) < 4.78 is 33.9. The third-order valence-electron chi connectivity index (χ3n) is 7.46. The number of hydrogen-bond acceptors (Lipinski definition) is 12. The van der Waals surface area contributed by atoms with E-state index in [-0.39, 0.29) is 29.1 Å². The summed E-state index contributed by atoms with van der Waals surface area (Å²) in [6, 6.07) is 9.89. The van der Waals surface area contributed by atoms with Gasteiger partial charge in [0.25, 0.3) is 0 Å². The van der Waals surface area contributed by atoms with Crippen molar-refractivity contribution in [3.63, 3.8) is 0 Å². The summed E-state index contributed by atoms with van der Waals surface area (Å²) in [5.41, 5.74) is 1.44. The average Bonchev–Trinajstić information content (AvgIpc) is 3.50. The highest BCUT2D eigenvalue weighted by atomic mass is 16.7. The molecule has 0 spiro atoms. The van der Waals surface area contributed by atoms with Crippen molar-refractivity contribution in [3.8, 4) is 23.0 Å². The number of hydrogen-bond donors (Lipinski definition) is 6. The van der Waals surface area contributed by atoms with Gasteiger partial charge in [-0.3, -0.25) is 0 Å². The zero-order valence-electron chi connectivity index (χ0n) is 20.8. The molecule has 208 valence electrons. The van der Waals surface area contributed by atoms with E-state index in [1.807, 2.05) is 0 Å². The molecule has 2 aromatic rings. The van der Waals surface area contributed by atoms with Crippen molar-refractivity contribution in [3.05, 3.63) is 47.5 Å². The Morgan fingerprint density at radius 1 is 0.816 bits per heavy atom. The minimum absolute atomic E-state index is 0.00464. The van der Waals surface area contributed by atoms with Gasteiger partial charge in [-0.2, -0.15) is 0 Å². The van der Waals surface area contributed by atoms with Crippen LogP contribution in [0.1, 0.15) is 23.3 Å². The molecule has 3 heterocycles. The van der Waals surface area contributed by atoms with E-state index >= 15 is 0 Å². The molecule has 12 heteroatoms. The van der Waals surface area contributed by atoms with E-state index in [9.17, 15) is 30.6 Å². The van der Waals surface area contributed by atoms with Gasteiger partial charge in [0.15, 0.2) is 29.3 Å². The van der Waals surface area contributed by atoms with Gasteiger partial charge in [-0.25, -0.2) is 0 Å². The number of ether oxygens (including phenoxy) is 6. The summed E-state index contributed by atoms with van der Waals surface area (Å²) in [4.78, 5) is 0. The van der Waals surface area contributed by atoms with Gasteiger partial charge < -0.3 is 59.1 Å². The summed E-state index contributed by atoms with van der Waals surface area (Å²) in [6.07, 6.45) is -9.23. The molecule has 38 heavy (non-hydrogen) atoms. The quantitative estimate of drug-likeness (QED) is 0.279. The lowest BCUT2D eigenvalue weighted by atomic mass is 9.84. The monoisotopic (exact) mass is 536 g/mol. The van der Waals surface area contributed by atoms with E-state index in [0.717, 1.165) is 5.56 Å². The SMILES string of the molecule is COc1cc([C@H]2O[C@@H](O)[C@H]3[C@@H]2CO[C@@H]3c2ccc(O[C@@H]3O[C@H](CO)[C@@H](O)[C@H](O)[C@H]3O)c(OC)c2)ccc1O. The zero-order chi connectivity index (χ0) is 27.1. The van der Waals surface area contributed by atoms with E-state index in [2.05, 4.69) is 0 Å². The first kappa shape index (κ1) is 26.9. The number of aliphatic hydroxyl groups is 5. The predicted molar refractivity (Wildman–Crippen MR) is 128 cm³/mol. The lowest BCUT2D eigenvalue weighted by molar-refractivity contribution is -0.277. The topological polar surface area (TPSA) is 177 Å². The minimum atomic E-state index is -1.58. The first-order chi connectivity index (χ1) is 18.3. The van der Waals surface area contributed by atoms with Crippen molar-refractivity contribution in [2.24, 2.45) is 11.8 Å². The maximum atomic E-state index is 10.8. The Morgan fingerprint density at radius 2 is 1.50 bits per heavy atom. The molecule has 0 saturated carbocycles. The summed E-state index contributed by atoms with van der Waals surface area (Å²) in [5.74, 6) is 0.221. The Balaban J connectivity index is 1.35. The van der Waals surface area contributed by atoms with Gasteiger partial charge in [-0.1, -0.05) is 12.1 Å². The Labute approximate surface area is 218 Å². The minimum Gasteiger partial charge on any atom is -0.504 e. The molecule has 12 nitrogen and oxygen atoms in total. The summed E-state index contributed by atoms with van der Waals surface area (Å²) in [6.45, 7) is -0.254. The highest BCUT2D eigenvalue weighted by Crippen LogP contribution is 2.53. The summed E-state index contributed by atoms with van der Waals surface area (Å²) in [5, 5.41) is 60.5. The van der Waals surface area contributed by atoms with Crippen molar-refractivity contribution in [2.45, 2.75) is 49.2 Å². The Kier molecular flexibility index (Phi) is 7.67. The molecule has 2 aromatic carbocycles. The van der Waals surface area contributed by atoms with Crippen molar-refractivity contribution in [1.82, 2.24) is 0 Å². The third kappa shape index (κ3) is 4.67. The molecule has 6 N–H and O–H groups in total. The van der Waals surface area contributed by atoms with Gasteiger partial charge in [0.2, 0.25) is 6.29 Å². The first-order valence-electron chi connectivity index (χ1n) is 12.2. The maximum absolute atomic E-state index is 10.8. The maximum Gasteiger partial charge on any atom is 0.229 e. The highest BCUT2D eigenvalue weighted by molar-refractivity contribution is 5.45. The van der Waals surface area contributed by atoms with Crippen LogP contribution in [0, 0.1) is 11.8 Å². The van der Waals surface area contributed by atoms with Crippen molar-refractivity contribution in [2.75, 3.05) is 27.4 Å². The van der Waals surface area contributed by atoms with Gasteiger partial charge >= 0.3 is 0 Å². The second-order valence-corrected chi connectivity index (χ2v) is 9.60. The van der Waals surface area contributed by atoms with Gasteiger partial charge in [-0.15, -0.1) is 0 Å². The lowest BCUT2D eigenvalue weighted by Crippen LogP contribution is -2.60. The van der Waals surface area contributed by atoms with Crippen molar-refractivity contribution in [1.29, 1.82) is 0 Å². The molecule has 0 radical (unpaired) electrons. The second-order valence-electron chi connectivity index (χ2n) is 9.60. The fourth-order valence-electron chi connectivity index (χ4n) is 5.42. The van der Waals surface area contributed by atoms with Crippen LogP contribution in [0.15, 0.2) is 36.4 Å². The van der Waals surface area contributed by atoms with Crippen LogP contribution in [0.5, 0.6) is 23.0 Å². The van der Waals surface area contributed by atoms with E-state index in [1.54, 1.807) is 30.3 Å². The van der Waals surface area contributed by atoms with Crippen LogP contribution in [-0.2, 0) is 14.2 Å². The van der Waals surface area contributed by atoms with Crippen LogP contribution in [-0.4, -0.2) is 95.1 Å². The fourth-order valence-corrected chi connectivity index (χ4v) is 5.42. The highest BCUT2D eigenvalue weighted by Gasteiger charge is 2.53. The molecular formula is C26H32O12. The number of benzene rings is 2. The number of aliphatic hydroxyl groups excluding tert-OH is 5. The Hall–Kier alpha value is -2.68. The third-order valence-corrected chi connectivity index (χ3v) is 7.46. The lowest BCUT2D eigenvalue weighted by Gasteiger charge is -2.39. The first-order valence-corrected chi connectivity index (χ1v) is 12.2. The largest absolute Gasteiger partial charge is 0.504 e. The van der Waals surface area contributed by atoms with Crippen LogP contribution < -0.4 is 14.2 Å². The number of phenols is 1. The van der Waals surface area contributed by atoms with Crippen LogP contribution in [0.2, 0.25) is 0 Å². The van der Waals surface area contributed by atoms with Crippen LogP contribution >= 0.6 is 0 Å². The van der Waals surface area contributed by atoms with E-state index in [0.29, 0.717) is 17.9 Å². The average molecular weight is 537 g/mol. The Morgan fingerprint density at radius 3 is 2.21 bits per heavy atom. The van der Waals surface area contributed by atoms with Crippen molar-refractivity contribution < 1.29 is 59.1 Å². The normalized spacial score (nSPS) is 36.6.